The van der Waals surface area contributed by atoms with Crippen LogP contribution in [-0.2, 0) is 11.2 Å². The highest BCUT2D eigenvalue weighted by Gasteiger charge is 2.21. The van der Waals surface area contributed by atoms with Gasteiger partial charge in [0.2, 0.25) is 5.91 Å². The van der Waals surface area contributed by atoms with Crippen LogP contribution in [0.1, 0.15) is 47.1 Å². The first-order chi connectivity index (χ1) is 13.5. The molecule has 1 aromatic carbocycles. The lowest BCUT2D eigenvalue weighted by Crippen LogP contribution is -2.35. The highest BCUT2D eigenvalue weighted by Crippen LogP contribution is 2.32. The first-order valence-corrected chi connectivity index (χ1v) is 10.4. The Morgan fingerprint density at radius 2 is 1.79 bits per heavy atom. The Labute approximate surface area is 172 Å². The molecule has 1 aliphatic heterocycles. The maximum Gasteiger partial charge on any atom is 0.240 e. The third-order valence-corrected chi connectivity index (χ3v) is 4.25. The number of nitrogens with zero attached hydrogens (tertiary/aromatic N) is 4. The summed E-state index contributed by atoms with van der Waals surface area (Å²) in [5.41, 5.74) is 4.55. The van der Waals surface area contributed by atoms with E-state index in [1.165, 1.54) is 11.3 Å². The van der Waals surface area contributed by atoms with Crippen molar-refractivity contribution >= 4 is 23.5 Å². The number of aliphatic imine (C=N–C) groups is 1. The predicted octanol–water partition coefficient (Wildman–Crippen LogP) is 4.62. The second-order valence-electron chi connectivity index (χ2n) is 6.34. The Kier molecular flexibility index (Phi) is 12.9. The van der Waals surface area contributed by atoms with Crippen molar-refractivity contribution in [2.24, 2.45) is 4.99 Å². The fraction of sp³-hybridized carbons (Fsp3) is 0.565. The van der Waals surface area contributed by atoms with Crippen molar-refractivity contribution in [3.05, 3.63) is 35.5 Å². The van der Waals surface area contributed by atoms with E-state index < -0.39 is 0 Å². The lowest BCUT2D eigenvalue weighted by Gasteiger charge is -2.23. The summed E-state index contributed by atoms with van der Waals surface area (Å²) in [5.74, 6) is 0.0919. The van der Waals surface area contributed by atoms with E-state index in [0.717, 1.165) is 30.9 Å². The smallest absolute Gasteiger partial charge is 0.240 e. The zero-order valence-electron chi connectivity index (χ0n) is 19.4. The van der Waals surface area contributed by atoms with Gasteiger partial charge in [-0.15, -0.1) is 0 Å². The molecule has 158 valence electrons. The number of hydrogen-bond donors (Lipinski definition) is 0. The average Bonchev–Trinajstić information content (AvgIpc) is 3.11. The maximum absolute atomic E-state index is 12.3. The number of fused-ring (bicyclic) bond motifs is 1. The number of amides is 1. The van der Waals surface area contributed by atoms with E-state index in [0.29, 0.717) is 6.54 Å². The summed E-state index contributed by atoms with van der Waals surface area (Å²) in [6, 6.07) is 6.30. The van der Waals surface area contributed by atoms with Crippen molar-refractivity contribution in [2.75, 3.05) is 50.6 Å². The molecule has 28 heavy (non-hydrogen) atoms. The van der Waals surface area contributed by atoms with Crippen molar-refractivity contribution in [2.45, 2.75) is 48.0 Å². The lowest BCUT2D eigenvalue weighted by molar-refractivity contribution is -0.118. The summed E-state index contributed by atoms with van der Waals surface area (Å²) in [6.07, 6.45) is 4.92. The molecule has 5 heteroatoms. The fourth-order valence-corrected chi connectivity index (χ4v) is 2.90. The molecule has 0 unspecified atom stereocenters. The van der Waals surface area contributed by atoms with Gasteiger partial charge in [0.15, 0.2) is 0 Å². The fourth-order valence-electron chi connectivity index (χ4n) is 2.90. The van der Waals surface area contributed by atoms with Crippen molar-refractivity contribution in [1.82, 2.24) is 4.90 Å². The summed E-state index contributed by atoms with van der Waals surface area (Å²) in [4.78, 5) is 22.7. The third kappa shape index (κ3) is 7.47. The summed E-state index contributed by atoms with van der Waals surface area (Å²) in [6.45, 7) is 14.1. The van der Waals surface area contributed by atoms with Crippen LogP contribution in [0, 0.1) is 0 Å². The SMILES string of the molecule is CC.CC.CC=N/C(=C\C)CN1CCc2ccc(N(C)C(=O)CN(C)C)cc21. The monoisotopic (exact) mass is 388 g/mol. The van der Waals surface area contributed by atoms with E-state index in [4.69, 9.17) is 0 Å². The molecule has 5 nitrogen and oxygen atoms in total. The zero-order chi connectivity index (χ0) is 21.7. The van der Waals surface area contributed by atoms with Gasteiger partial charge >= 0.3 is 0 Å². The number of rotatable bonds is 6. The number of hydrogen-bond acceptors (Lipinski definition) is 4. The van der Waals surface area contributed by atoms with Crippen LogP contribution in [0.5, 0.6) is 0 Å². The Balaban J connectivity index is 0.00000171. The van der Waals surface area contributed by atoms with Gasteiger partial charge in [-0.3, -0.25) is 9.79 Å². The molecule has 0 saturated carbocycles. The molecule has 0 N–H and O–H groups in total. The third-order valence-electron chi connectivity index (χ3n) is 4.25. The highest BCUT2D eigenvalue weighted by atomic mass is 16.2. The van der Waals surface area contributed by atoms with E-state index in [1.54, 1.807) is 4.90 Å². The molecule has 0 fully saturated rings. The van der Waals surface area contributed by atoms with Crippen molar-refractivity contribution < 1.29 is 4.79 Å². The molecule has 0 atom stereocenters. The molecule has 0 saturated heterocycles. The molecule has 0 radical (unpaired) electrons. The topological polar surface area (TPSA) is 39.1 Å². The van der Waals surface area contributed by atoms with Crippen molar-refractivity contribution in [1.29, 1.82) is 0 Å². The van der Waals surface area contributed by atoms with Gasteiger partial charge in [-0.1, -0.05) is 39.8 Å². The minimum absolute atomic E-state index is 0.0919. The molecule has 0 spiro atoms. The minimum atomic E-state index is 0.0919. The van der Waals surface area contributed by atoms with Crippen LogP contribution in [0.4, 0.5) is 11.4 Å². The molecular formula is C23H40N4O. The molecule has 0 aromatic heterocycles. The Morgan fingerprint density at radius 1 is 1.14 bits per heavy atom. The van der Waals surface area contributed by atoms with E-state index in [1.807, 2.05) is 79.9 Å². The number of allylic oxidation sites excluding steroid dienone is 1. The molecule has 2 rings (SSSR count). The summed E-state index contributed by atoms with van der Waals surface area (Å²) < 4.78 is 0. The van der Waals surface area contributed by atoms with Gasteiger partial charge < -0.3 is 14.7 Å². The Morgan fingerprint density at radius 3 is 2.32 bits per heavy atom. The summed E-state index contributed by atoms with van der Waals surface area (Å²) >= 11 is 0. The van der Waals surface area contributed by atoms with Crippen molar-refractivity contribution in [3.8, 4) is 0 Å². The number of likely N-dealkylation sites (N-methyl/N-ethyl adjacent to an activating group) is 2. The molecule has 1 heterocycles. The standard InChI is InChI=1S/C19H28N4O.2C2H6/c1-6-16(20-7-2)13-23-11-10-15-8-9-17(12-18(15)23)22(5)19(24)14-21(3)4;2*1-2/h6-9,12H,10-11,13-14H2,1-5H3;2*1-2H3/b16-6-,20-7?;;. The van der Waals surface area contributed by atoms with Crippen LogP contribution in [0.25, 0.3) is 0 Å². The second kappa shape index (κ2) is 13.9. The van der Waals surface area contributed by atoms with E-state index in [-0.39, 0.29) is 5.91 Å². The summed E-state index contributed by atoms with van der Waals surface area (Å²) in [5, 5.41) is 0. The minimum Gasteiger partial charge on any atom is -0.365 e. The van der Waals surface area contributed by atoms with Crippen LogP contribution < -0.4 is 9.80 Å². The normalized spacial score (nSPS) is 12.9. The highest BCUT2D eigenvalue weighted by molar-refractivity contribution is 5.95. The Bertz CT molecular complexity index is 650. The molecule has 1 aromatic rings. The van der Waals surface area contributed by atoms with E-state index in [9.17, 15) is 4.79 Å². The van der Waals surface area contributed by atoms with Gasteiger partial charge in [-0.25, -0.2) is 0 Å². The lowest BCUT2D eigenvalue weighted by atomic mass is 10.1. The Hall–Kier alpha value is -2.14. The van der Waals surface area contributed by atoms with Gasteiger partial charge in [-0.05, 0) is 52.1 Å². The number of anilines is 2. The number of carbonyl (C=O) groups is 1. The van der Waals surface area contributed by atoms with Gasteiger partial charge in [0, 0.05) is 31.2 Å². The maximum atomic E-state index is 12.3. The second-order valence-corrected chi connectivity index (χ2v) is 6.34. The van der Waals surface area contributed by atoms with Gasteiger partial charge in [-0.2, -0.15) is 0 Å². The molecular weight excluding hydrogens is 348 g/mol. The predicted molar refractivity (Wildman–Crippen MR) is 125 cm³/mol. The number of carbonyl (C=O) groups excluding carboxylic acids is 1. The largest absolute Gasteiger partial charge is 0.365 e. The number of benzene rings is 1. The van der Waals surface area contributed by atoms with Crippen molar-refractivity contribution in [3.63, 3.8) is 0 Å². The van der Waals surface area contributed by atoms with Crippen LogP contribution >= 0.6 is 0 Å². The van der Waals surface area contributed by atoms with Crippen LogP contribution in [-0.4, -0.2) is 57.8 Å². The van der Waals surface area contributed by atoms with Crippen LogP contribution in [0.3, 0.4) is 0 Å². The van der Waals surface area contributed by atoms with Gasteiger partial charge in [0.05, 0.1) is 18.8 Å². The van der Waals surface area contributed by atoms with E-state index in [2.05, 4.69) is 28.1 Å². The van der Waals surface area contributed by atoms with E-state index >= 15 is 0 Å². The molecule has 0 aliphatic carbocycles. The molecule has 1 aliphatic rings. The van der Waals surface area contributed by atoms with Gasteiger partial charge in [0.1, 0.15) is 0 Å². The average molecular weight is 389 g/mol. The molecule has 0 bridgehead atoms. The summed E-state index contributed by atoms with van der Waals surface area (Å²) in [7, 11) is 5.65. The first kappa shape index (κ1) is 25.9. The van der Waals surface area contributed by atoms with Gasteiger partial charge in [0.25, 0.3) is 0 Å². The quantitative estimate of drug-likeness (QED) is 0.668. The molecule has 1 amide bonds. The zero-order valence-corrected chi connectivity index (χ0v) is 19.4. The van der Waals surface area contributed by atoms with Crippen LogP contribution in [0.15, 0.2) is 35.0 Å². The van der Waals surface area contributed by atoms with Crippen LogP contribution in [0.2, 0.25) is 0 Å². The first-order valence-electron chi connectivity index (χ1n) is 10.4.